The van der Waals surface area contributed by atoms with Crippen molar-refractivity contribution < 1.29 is 4.79 Å². The summed E-state index contributed by atoms with van der Waals surface area (Å²) in [6.45, 7) is 28.4. The van der Waals surface area contributed by atoms with Crippen molar-refractivity contribution in [2.75, 3.05) is 26.2 Å². The molecule has 2 heterocycles. The van der Waals surface area contributed by atoms with Crippen molar-refractivity contribution in [1.29, 1.82) is 0 Å². The summed E-state index contributed by atoms with van der Waals surface area (Å²) >= 11 is 0. The van der Waals surface area contributed by atoms with Gasteiger partial charge in [-0.1, -0.05) is 81.7 Å². The summed E-state index contributed by atoms with van der Waals surface area (Å²) in [5.41, 5.74) is 1.91. The van der Waals surface area contributed by atoms with Crippen LogP contribution in [0, 0.1) is 35.0 Å². The number of likely N-dealkylation sites (tertiary alicyclic amines) is 2. The fraction of sp³-hybridized carbons (Fsp3) is 0.903. The summed E-state index contributed by atoms with van der Waals surface area (Å²) in [7, 11) is 0. The van der Waals surface area contributed by atoms with E-state index in [0.717, 1.165) is 42.7 Å². The predicted molar refractivity (Wildman–Crippen MR) is 152 cm³/mol. The Bertz CT molecular complexity index is 566. The first-order valence-electron chi connectivity index (χ1n) is 14.0. The maximum Gasteiger partial charge on any atom is 0.219 e. The van der Waals surface area contributed by atoms with Crippen LogP contribution in [0.2, 0.25) is 0 Å². The van der Waals surface area contributed by atoms with Gasteiger partial charge >= 0.3 is 0 Å². The second kappa shape index (κ2) is 15.9. The number of amides is 1. The van der Waals surface area contributed by atoms with Crippen LogP contribution >= 0.6 is 0 Å². The van der Waals surface area contributed by atoms with Crippen molar-refractivity contribution in [2.24, 2.45) is 35.0 Å². The molecule has 1 amide bonds. The van der Waals surface area contributed by atoms with Crippen molar-refractivity contribution in [3.8, 4) is 0 Å². The molecule has 3 aliphatic rings. The Balaban J connectivity index is 0.000000475. The van der Waals surface area contributed by atoms with Crippen molar-refractivity contribution in [1.82, 2.24) is 9.80 Å². The van der Waals surface area contributed by atoms with Crippen molar-refractivity contribution in [3.63, 3.8) is 0 Å². The Morgan fingerprint density at radius 2 is 1.24 bits per heavy atom. The minimum Gasteiger partial charge on any atom is -0.376 e. The van der Waals surface area contributed by atoms with Gasteiger partial charge in [-0.25, -0.2) is 0 Å². The van der Waals surface area contributed by atoms with E-state index in [4.69, 9.17) is 0 Å². The molecule has 1 atom stereocenters. The summed E-state index contributed by atoms with van der Waals surface area (Å²) in [4.78, 5) is 15.3. The number of hydrogen-bond acceptors (Lipinski definition) is 2. The topological polar surface area (TPSA) is 23.6 Å². The third-order valence-electron chi connectivity index (χ3n) is 9.02. The highest BCUT2D eigenvalue weighted by molar-refractivity contribution is 5.73. The molecule has 0 aromatic heterocycles. The van der Waals surface area contributed by atoms with Crippen LogP contribution in [-0.2, 0) is 4.79 Å². The summed E-state index contributed by atoms with van der Waals surface area (Å²) in [6, 6.07) is 0. The van der Waals surface area contributed by atoms with E-state index in [1.165, 1.54) is 70.2 Å². The quantitative estimate of drug-likeness (QED) is 0.403. The van der Waals surface area contributed by atoms with Gasteiger partial charge in [0.1, 0.15) is 0 Å². The first kappa shape index (κ1) is 33.0. The Kier molecular flexibility index (Phi) is 15.4. The fourth-order valence-corrected chi connectivity index (χ4v) is 5.50. The normalized spacial score (nSPS) is 22.5. The van der Waals surface area contributed by atoms with E-state index in [1.807, 2.05) is 4.90 Å². The van der Waals surface area contributed by atoms with Crippen LogP contribution in [0.25, 0.3) is 0 Å². The van der Waals surface area contributed by atoms with Crippen LogP contribution in [0.5, 0.6) is 0 Å². The number of piperidine rings is 1. The molecular formula is C31H62N2O. The minimum absolute atomic E-state index is 0. The number of carbonyl (C=O) groups is 1. The van der Waals surface area contributed by atoms with E-state index < -0.39 is 0 Å². The average Bonchev–Trinajstić information content (AvgIpc) is 3.26. The predicted octanol–water partition coefficient (Wildman–Crippen LogP) is 8.65. The SMILES string of the molecule is C.C=C(C)N1CCC(C(C)C)CC1.CC(=O)N1CCC(C(C)C)C1.CC(C)C1(C)CCCCC1. The van der Waals surface area contributed by atoms with Gasteiger partial charge in [0.25, 0.3) is 0 Å². The molecule has 3 heteroatoms. The third-order valence-corrected chi connectivity index (χ3v) is 9.02. The molecule has 0 spiro atoms. The monoisotopic (exact) mass is 478 g/mol. The van der Waals surface area contributed by atoms with Gasteiger partial charge < -0.3 is 9.80 Å². The van der Waals surface area contributed by atoms with E-state index in [9.17, 15) is 4.79 Å². The number of allylic oxidation sites excluding steroid dienone is 1. The van der Waals surface area contributed by atoms with E-state index in [0.29, 0.717) is 5.41 Å². The third kappa shape index (κ3) is 11.2. The first-order valence-corrected chi connectivity index (χ1v) is 14.0. The molecule has 3 nitrogen and oxygen atoms in total. The Labute approximate surface area is 215 Å². The van der Waals surface area contributed by atoms with Gasteiger partial charge in [-0.05, 0) is 74.0 Å². The first-order chi connectivity index (χ1) is 15.4. The number of hydrogen-bond donors (Lipinski definition) is 0. The van der Waals surface area contributed by atoms with Gasteiger partial charge in [-0.2, -0.15) is 0 Å². The van der Waals surface area contributed by atoms with E-state index >= 15 is 0 Å². The lowest BCUT2D eigenvalue weighted by Gasteiger charge is -2.37. The highest BCUT2D eigenvalue weighted by Gasteiger charge is 2.29. The highest BCUT2D eigenvalue weighted by atomic mass is 16.2. The molecule has 0 radical (unpaired) electrons. The molecule has 34 heavy (non-hydrogen) atoms. The molecular weight excluding hydrogens is 416 g/mol. The zero-order valence-corrected chi connectivity index (χ0v) is 23.9. The average molecular weight is 479 g/mol. The molecule has 0 bridgehead atoms. The van der Waals surface area contributed by atoms with E-state index in [1.54, 1.807) is 6.92 Å². The summed E-state index contributed by atoms with van der Waals surface area (Å²) < 4.78 is 0. The molecule has 0 N–H and O–H groups in total. The lowest BCUT2D eigenvalue weighted by molar-refractivity contribution is -0.127. The Hall–Kier alpha value is -0.990. The lowest BCUT2D eigenvalue weighted by atomic mass is 9.69. The second-order valence-corrected chi connectivity index (χ2v) is 12.4. The van der Waals surface area contributed by atoms with Crippen molar-refractivity contribution >= 4 is 5.91 Å². The van der Waals surface area contributed by atoms with Crippen LogP contribution < -0.4 is 0 Å². The maximum atomic E-state index is 10.9. The molecule has 0 aromatic carbocycles. The Morgan fingerprint density at radius 1 is 0.794 bits per heavy atom. The van der Waals surface area contributed by atoms with Crippen LogP contribution in [-0.4, -0.2) is 41.9 Å². The smallest absolute Gasteiger partial charge is 0.219 e. The van der Waals surface area contributed by atoms with Gasteiger partial charge in [0.05, 0.1) is 0 Å². The van der Waals surface area contributed by atoms with Gasteiger partial charge in [0.2, 0.25) is 5.91 Å². The largest absolute Gasteiger partial charge is 0.376 e. The molecule has 2 saturated heterocycles. The van der Waals surface area contributed by atoms with Crippen molar-refractivity contribution in [2.45, 2.75) is 121 Å². The standard InChI is InChI=1S/C11H21N.C10H20.C9H17NO.CH4/c1-9(2)11-5-7-12(8-6-11)10(3)4;1-9(2)10(3)7-5-4-6-8-10;1-7(2)9-4-5-10(6-9)8(3)11;/h9,11H,3,5-8H2,1-2,4H3;9H,4-8H2,1-3H3;7,9H,4-6H2,1-3H3;1H4. The van der Waals surface area contributed by atoms with Gasteiger partial charge in [-0.15, -0.1) is 0 Å². The van der Waals surface area contributed by atoms with Crippen molar-refractivity contribution in [3.05, 3.63) is 12.3 Å². The fourth-order valence-electron chi connectivity index (χ4n) is 5.50. The molecule has 1 saturated carbocycles. The lowest BCUT2D eigenvalue weighted by Crippen LogP contribution is -2.33. The molecule has 0 aromatic rings. The van der Waals surface area contributed by atoms with Gasteiger partial charge in [0, 0.05) is 38.8 Å². The minimum atomic E-state index is 0. The molecule has 2 aliphatic heterocycles. The zero-order chi connectivity index (χ0) is 25.2. The Morgan fingerprint density at radius 3 is 1.53 bits per heavy atom. The summed E-state index contributed by atoms with van der Waals surface area (Å²) in [6.07, 6.45) is 11.2. The van der Waals surface area contributed by atoms with Crippen LogP contribution in [0.15, 0.2) is 12.3 Å². The number of rotatable bonds is 4. The summed E-state index contributed by atoms with van der Waals surface area (Å²) in [5.74, 6) is 4.37. The van der Waals surface area contributed by atoms with Gasteiger partial charge in [-0.3, -0.25) is 4.79 Å². The molecule has 1 unspecified atom stereocenters. The maximum absolute atomic E-state index is 10.9. The number of nitrogens with zero attached hydrogens (tertiary/aromatic N) is 2. The zero-order valence-electron chi connectivity index (χ0n) is 23.9. The molecule has 3 rings (SSSR count). The molecule has 3 fully saturated rings. The van der Waals surface area contributed by atoms with E-state index in [-0.39, 0.29) is 13.3 Å². The molecule has 202 valence electrons. The van der Waals surface area contributed by atoms with Crippen LogP contribution in [0.3, 0.4) is 0 Å². The second-order valence-electron chi connectivity index (χ2n) is 12.4. The highest BCUT2D eigenvalue weighted by Crippen LogP contribution is 2.41. The van der Waals surface area contributed by atoms with Gasteiger partial charge in [0.15, 0.2) is 0 Å². The molecule has 1 aliphatic carbocycles. The summed E-state index contributed by atoms with van der Waals surface area (Å²) in [5, 5.41) is 0. The van der Waals surface area contributed by atoms with Crippen LogP contribution in [0.4, 0.5) is 0 Å². The van der Waals surface area contributed by atoms with Crippen LogP contribution in [0.1, 0.15) is 121 Å². The van der Waals surface area contributed by atoms with E-state index in [2.05, 4.69) is 66.9 Å². The number of carbonyl (C=O) groups excluding carboxylic acids is 1.